The average Bonchev–Trinajstić information content (AvgIpc) is 2.57. The zero-order valence-electron chi connectivity index (χ0n) is 10.1. The van der Waals surface area contributed by atoms with E-state index >= 15 is 0 Å². The highest BCUT2D eigenvalue weighted by Crippen LogP contribution is 2.20. The number of nitrogens with two attached hydrogens (primary N) is 1. The maximum atomic E-state index is 5.97. The highest BCUT2D eigenvalue weighted by atomic mass is 15.1. The van der Waals surface area contributed by atoms with Gasteiger partial charge in [-0.25, -0.2) is 4.98 Å². The van der Waals surface area contributed by atoms with Crippen LogP contribution < -0.4 is 5.73 Å². The molecule has 3 nitrogen and oxygen atoms in total. The molecule has 3 heteroatoms. The minimum atomic E-state index is -0.0221. The number of hydrogen-bond donors (Lipinski definition) is 1. The van der Waals surface area contributed by atoms with Crippen LogP contribution in [0.4, 0.5) is 0 Å². The Hall–Kier alpha value is -1.35. The first-order valence-electron chi connectivity index (χ1n) is 5.80. The van der Waals surface area contributed by atoms with Crippen molar-refractivity contribution in [3.63, 3.8) is 0 Å². The number of imidazole rings is 1. The first-order chi connectivity index (χ1) is 7.59. The van der Waals surface area contributed by atoms with Crippen molar-refractivity contribution in [2.24, 2.45) is 11.7 Å². The van der Waals surface area contributed by atoms with Gasteiger partial charge in [0, 0.05) is 6.54 Å². The minimum absolute atomic E-state index is 0.0221. The van der Waals surface area contributed by atoms with E-state index in [0.717, 1.165) is 17.9 Å². The van der Waals surface area contributed by atoms with Crippen LogP contribution >= 0.6 is 0 Å². The lowest BCUT2D eigenvalue weighted by Crippen LogP contribution is -2.15. The molecule has 0 radical (unpaired) electrons. The smallest absolute Gasteiger partial charge is 0.126 e. The predicted molar refractivity (Wildman–Crippen MR) is 67.2 cm³/mol. The van der Waals surface area contributed by atoms with Gasteiger partial charge < -0.3 is 10.3 Å². The lowest BCUT2D eigenvalue weighted by molar-refractivity contribution is 0.505. The van der Waals surface area contributed by atoms with E-state index in [-0.39, 0.29) is 6.04 Å². The van der Waals surface area contributed by atoms with Gasteiger partial charge in [-0.2, -0.15) is 0 Å². The fourth-order valence-corrected chi connectivity index (χ4v) is 2.00. The molecule has 16 heavy (non-hydrogen) atoms. The van der Waals surface area contributed by atoms with Crippen molar-refractivity contribution in [2.45, 2.75) is 33.4 Å². The number of rotatable bonds is 3. The number of hydrogen-bond acceptors (Lipinski definition) is 2. The zero-order chi connectivity index (χ0) is 11.7. The third-order valence-electron chi connectivity index (χ3n) is 2.64. The summed E-state index contributed by atoms with van der Waals surface area (Å²) in [6, 6.07) is 8.19. The van der Waals surface area contributed by atoms with Crippen molar-refractivity contribution in [3.05, 3.63) is 30.1 Å². The number of benzene rings is 1. The Labute approximate surface area is 96.3 Å². The molecule has 1 aromatic carbocycles. The van der Waals surface area contributed by atoms with Crippen LogP contribution in [-0.4, -0.2) is 9.55 Å². The molecule has 0 bridgehead atoms. The molecular weight excluding hydrogens is 198 g/mol. The topological polar surface area (TPSA) is 43.8 Å². The van der Waals surface area contributed by atoms with Crippen LogP contribution in [0.25, 0.3) is 11.0 Å². The van der Waals surface area contributed by atoms with E-state index in [4.69, 9.17) is 5.73 Å². The molecule has 1 atom stereocenters. The van der Waals surface area contributed by atoms with Crippen LogP contribution in [0, 0.1) is 5.92 Å². The van der Waals surface area contributed by atoms with Crippen molar-refractivity contribution in [3.8, 4) is 0 Å². The average molecular weight is 217 g/mol. The van der Waals surface area contributed by atoms with Gasteiger partial charge >= 0.3 is 0 Å². The number of nitrogens with zero attached hydrogens (tertiary/aromatic N) is 2. The Morgan fingerprint density at radius 3 is 2.56 bits per heavy atom. The van der Waals surface area contributed by atoms with E-state index in [1.807, 2.05) is 25.1 Å². The van der Waals surface area contributed by atoms with Crippen LogP contribution in [0.2, 0.25) is 0 Å². The largest absolute Gasteiger partial charge is 0.326 e. The van der Waals surface area contributed by atoms with E-state index < -0.39 is 0 Å². The SMILES string of the molecule is CC(C)Cn1c([C@H](C)N)nc2ccccc21. The van der Waals surface area contributed by atoms with Crippen molar-refractivity contribution in [1.82, 2.24) is 9.55 Å². The molecule has 0 amide bonds. The first-order valence-corrected chi connectivity index (χ1v) is 5.80. The van der Waals surface area contributed by atoms with Crippen molar-refractivity contribution < 1.29 is 0 Å². The number of aromatic nitrogens is 2. The third kappa shape index (κ3) is 1.95. The second kappa shape index (κ2) is 4.26. The molecule has 1 heterocycles. The molecule has 86 valence electrons. The summed E-state index contributed by atoms with van der Waals surface area (Å²) in [5.74, 6) is 1.57. The normalized spacial score (nSPS) is 13.6. The molecule has 0 aliphatic heterocycles. The van der Waals surface area contributed by atoms with Gasteiger partial charge in [-0.1, -0.05) is 26.0 Å². The molecule has 2 aromatic rings. The van der Waals surface area contributed by atoms with E-state index in [0.29, 0.717) is 5.92 Å². The van der Waals surface area contributed by atoms with Gasteiger partial charge in [0.15, 0.2) is 0 Å². The van der Waals surface area contributed by atoms with Gasteiger partial charge in [0.2, 0.25) is 0 Å². The second-order valence-electron chi connectivity index (χ2n) is 4.75. The Morgan fingerprint density at radius 1 is 1.25 bits per heavy atom. The fraction of sp³-hybridized carbons (Fsp3) is 0.462. The van der Waals surface area contributed by atoms with Gasteiger partial charge in [-0.3, -0.25) is 0 Å². The van der Waals surface area contributed by atoms with E-state index in [1.165, 1.54) is 5.52 Å². The monoisotopic (exact) mass is 217 g/mol. The number of para-hydroxylation sites is 2. The molecule has 0 saturated heterocycles. The third-order valence-corrected chi connectivity index (χ3v) is 2.64. The Morgan fingerprint density at radius 2 is 1.94 bits per heavy atom. The van der Waals surface area contributed by atoms with Crippen molar-refractivity contribution in [2.75, 3.05) is 0 Å². The lowest BCUT2D eigenvalue weighted by atomic mass is 10.2. The molecule has 0 aliphatic carbocycles. The molecule has 0 saturated carbocycles. The van der Waals surface area contributed by atoms with Gasteiger partial charge in [-0.15, -0.1) is 0 Å². The summed E-state index contributed by atoms with van der Waals surface area (Å²) in [5.41, 5.74) is 8.19. The van der Waals surface area contributed by atoms with E-state index in [1.54, 1.807) is 0 Å². The van der Waals surface area contributed by atoms with Gasteiger partial charge in [0.25, 0.3) is 0 Å². The van der Waals surface area contributed by atoms with Crippen molar-refractivity contribution in [1.29, 1.82) is 0 Å². The van der Waals surface area contributed by atoms with Crippen LogP contribution in [0.15, 0.2) is 24.3 Å². The maximum absolute atomic E-state index is 5.97. The highest BCUT2D eigenvalue weighted by molar-refractivity contribution is 5.76. The number of fused-ring (bicyclic) bond motifs is 1. The van der Waals surface area contributed by atoms with Crippen LogP contribution in [0.5, 0.6) is 0 Å². The van der Waals surface area contributed by atoms with Gasteiger partial charge in [0.1, 0.15) is 5.82 Å². The summed E-state index contributed by atoms with van der Waals surface area (Å²) in [7, 11) is 0. The highest BCUT2D eigenvalue weighted by Gasteiger charge is 2.13. The molecule has 0 aliphatic rings. The van der Waals surface area contributed by atoms with Crippen molar-refractivity contribution >= 4 is 11.0 Å². The molecule has 1 aromatic heterocycles. The summed E-state index contributed by atoms with van der Waals surface area (Å²) < 4.78 is 2.24. The first kappa shape index (κ1) is 11.1. The molecule has 2 rings (SSSR count). The van der Waals surface area contributed by atoms with Crippen LogP contribution in [-0.2, 0) is 6.54 Å². The lowest BCUT2D eigenvalue weighted by Gasteiger charge is -2.13. The Bertz CT molecular complexity index is 483. The van der Waals surface area contributed by atoms with Crippen LogP contribution in [0.3, 0.4) is 0 Å². The molecular formula is C13H19N3. The Balaban J connectivity index is 2.60. The molecule has 0 spiro atoms. The Kier molecular flexibility index (Phi) is 2.97. The summed E-state index contributed by atoms with van der Waals surface area (Å²) >= 11 is 0. The predicted octanol–water partition coefficient (Wildman–Crippen LogP) is 2.71. The van der Waals surface area contributed by atoms with Gasteiger partial charge in [-0.05, 0) is 25.0 Å². The maximum Gasteiger partial charge on any atom is 0.126 e. The van der Waals surface area contributed by atoms with E-state index in [2.05, 4.69) is 29.5 Å². The quantitative estimate of drug-likeness (QED) is 0.859. The second-order valence-corrected chi connectivity index (χ2v) is 4.75. The summed E-state index contributed by atoms with van der Waals surface area (Å²) in [6.07, 6.45) is 0. The summed E-state index contributed by atoms with van der Waals surface area (Å²) in [5, 5.41) is 0. The van der Waals surface area contributed by atoms with E-state index in [9.17, 15) is 0 Å². The summed E-state index contributed by atoms with van der Waals surface area (Å²) in [6.45, 7) is 7.37. The molecule has 0 fully saturated rings. The molecule has 2 N–H and O–H groups in total. The fourth-order valence-electron chi connectivity index (χ4n) is 2.00. The zero-order valence-corrected chi connectivity index (χ0v) is 10.1. The minimum Gasteiger partial charge on any atom is -0.326 e. The van der Waals surface area contributed by atoms with Gasteiger partial charge in [0.05, 0.1) is 17.1 Å². The molecule has 0 unspecified atom stereocenters. The summed E-state index contributed by atoms with van der Waals surface area (Å²) in [4.78, 5) is 4.60. The standard InChI is InChI=1S/C13H19N3/c1-9(2)8-16-12-7-5-4-6-11(12)15-13(16)10(3)14/h4-7,9-10H,8,14H2,1-3H3/t10-/m0/s1. The van der Waals surface area contributed by atoms with Crippen LogP contribution in [0.1, 0.15) is 32.6 Å².